The Kier molecular flexibility index (Phi) is 5.10. The molecule has 0 spiro atoms. The Morgan fingerprint density at radius 3 is 2.72 bits per heavy atom. The van der Waals surface area contributed by atoms with Gasteiger partial charge in [-0.1, -0.05) is 24.6 Å². The second kappa shape index (κ2) is 6.60. The number of benzene rings is 1. The molecular formula is C15H23NOS. The fourth-order valence-electron chi connectivity index (χ4n) is 2.24. The van der Waals surface area contributed by atoms with Crippen molar-refractivity contribution in [2.45, 2.75) is 31.3 Å². The molecule has 18 heavy (non-hydrogen) atoms. The van der Waals surface area contributed by atoms with Crippen LogP contribution in [0.1, 0.15) is 18.9 Å². The highest BCUT2D eigenvalue weighted by Crippen LogP contribution is 2.20. The third-order valence-corrected chi connectivity index (χ3v) is 4.69. The first-order chi connectivity index (χ1) is 8.65. The van der Waals surface area contributed by atoms with Crippen molar-refractivity contribution >= 4 is 11.8 Å². The Bertz CT molecular complexity index is 365. The summed E-state index contributed by atoms with van der Waals surface area (Å²) in [5.41, 5.74) is 1.31. The standard InChI is InChI=1S/C15H23NOS/c1-12-3-5-14(6-4-12)18-10-9-16-8-7-13(2)15(17)11-16/h3-6,13,15,17H,7-11H2,1-2H3. The molecule has 2 nitrogen and oxygen atoms in total. The van der Waals surface area contributed by atoms with Gasteiger partial charge < -0.3 is 5.11 Å². The van der Waals surface area contributed by atoms with Crippen LogP contribution in [0.5, 0.6) is 0 Å². The third kappa shape index (κ3) is 4.01. The molecule has 1 fully saturated rings. The van der Waals surface area contributed by atoms with Crippen molar-refractivity contribution in [1.29, 1.82) is 0 Å². The number of aryl methyl sites for hydroxylation is 1. The predicted octanol–water partition coefficient (Wildman–Crippen LogP) is 2.79. The molecule has 0 bridgehead atoms. The number of nitrogens with zero attached hydrogens (tertiary/aromatic N) is 1. The average molecular weight is 265 g/mol. The zero-order valence-electron chi connectivity index (χ0n) is 11.3. The van der Waals surface area contributed by atoms with E-state index in [0.29, 0.717) is 5.92 Å². The molecule has 1 aliphatic rings. The van der Waals surface area contributed by atoms with Gasteiger partial charge in [0.2, 0.25) is 0 Å². The van der Waals surface area contributed by atoms with Crippen molar-refractivity contribution < 1.29 is 5.11 Å². The second-order valence-corrected chi connectivity index (χ2v) is 6.46. The lowest BCUT2D eigenvalue weighted by atomic mass is 9.96. The first-order valence-corrected chi connectivity index (χ1v) is 7.73. The molecule has 0 amide bonds. The van der Waals surface area contributed by atoms with Crippen LogP contribution >= 0.6 is 11.8 Å². The van der Waals surface area contributed by atoms with E-state index < -0.39 is 0 Å². The molecule has 1 N–H and O–H groups in total. The molecule has 1 heterocycles. The van der Waals surface area contributed by atoms with Crippen LogP contribution in [0.15, 0.2) is 29.2 Å². The third-order valence-electron chi connectivity index (χ3n) is 3.70. The highest BCUT2D eigenvalue weighted by Gasteiger charge is 2.23. The summed E-state index contributed by atoms with van der Waals surface area (Å²) in [4.78, 5) is 3.72. The van der Waals surface area contributed by atoms with Crippen molar-refractivity contribution in [1.82, 2.24) is 4.90 Å². The summed E-state index contributed by atoms with van der Waals surface area (Å²) in [6.07, 6.45) is 0.985. The quantitative estimate of drug-likeness (QED) is 0.847. The SMILES string of the molecule is Cc1ccc(SCCN2CCC(C)C(O)C2)cc1. The van der Waals surface area contributed by atoms with Crippen molar-refractivity contribution in [3.63, 3.8) is 0 Å². The lowest BCUT2D eigenvalue weighted by Gasteiger charge is -2.34. The molecule has 0 radical (unpaired) electrons. The largest absolute Gasteiger partial charge is 0.392 e. The minimum Gasteiger partial charge on any atom is -0.392 e. The van der Waals surface area contributed by atoms with Crippen molar-refractivity contribution in [3.8, 4) is 0 Å². The lowest BCUT2D eigenvalue weighted by molar-refractivity contribution is 0.0321. The summed E-state index contributed by atoms with van der Waals surface area (Å²) in [6.45, 7) is 7.30. The van der Waals surface area contributed by atoms with Gasteiger partial charge in [0.05, 0.1) is 6.10 Å². The average Bonchev–Trinajstić information content (AvgIpc) is 2.36. The molecule has 3 heteroatoms. The predicted molar refractivity (Wildman–Crippen MR) is 78.1 cm³/mol. The molecule has 1 saturated heterocycles. The Labute approximate surface area is 114 Å². The van der Waals surface area contributed by atoms with E-state index in [1.165, 1.54) is 10.5 Å². The maximum absolute atomic E-state index is 9.85. The van der Waals surface area contributed by atoms with Gasteiger partial charge in [0, 0.05) is 23.7 Å². The van der Waals surface area contributed by atoms with Crippen molar-refractivity contribution in [2.75, 3.05) is 25.4 Å². The number of hydrogen-bond donors (Lipinski definition) is 1. The van der Waals surface area contributed by atoms with Gasteiger partial charge in [-0.25, -0.2) is 0 Å². The Hall–Kier alpha value is -0.510. The van der Waals surface area contributed by atoms with Crippen LogP contribution in [-0.4, -0.2) is 41.5 Å². The van der Waals surface area contributed by atoms with Gasteiger partial charge in [0.25, 0.3) is 0 Å². The maximum Gasteiger partial charge on any atom is 0.0693 e. The van der Waals surface area contributed by atoms with E-state index in [1.54, 1.807) is 0 Å². The van der Waals surface area contributed by atoms with E-state index >= 15 is 0 Å². The Morgan fingerprint density at radius 2 is 2.06 bits per heavy atom. The number of aliphatic hydroxyl groups is 1. The molecular weight excluding hydrogens is 242 g/mol. The molecule has 1 aromatic carbocycles. The minimum absolute atomic E-state index is 0.136. The molecule has 0 saturated carbocycles. The summed E-state index contributed by atoms with van der Waals surface area (Å²) in [7, 11) is 0. The zero-order valence-corrected chi connectivity index (χ0v) is 12.1. The van der Waals surface area contributed by atoms with E-state index in [0.717, 1.165) is 31.8 Å². The van der Waals surface area contributed by atoms with Gasteiger partial charge in [0.1, 0.15) is 0 Å². The topological polar surface area (TPSA) is 23.5 Å². The van der Waals surface area contributed by atoms with E-state index in [-0.39, 0.29) is 6.10 Å². The normalized spacial score (nSPS) is 25.3. The molecule has 1 aromatic rings. The summed E-state index contributed by atoms with van der Waals surface area (Å²) < 4.78 is 0. The van der Waals surface area contributed by atoms with E-state index in [9.17, 15) is 5.11 Å². The Morgan fingerprint density at radius 1 is 1.33 bits per heavy atom. The van der Waals surface area contributed by atoms with Crippen molar-refractivity contribution in [3.05, 3.63) is 29.8 Å². The number of β-amino-alcohol motifs (C(OH)–C–C–N with tert-alkyl or cyclic N) is 1. The van der Waals surface area contributed by atoms with Gasteiger partial charge in [0.15, 0.2) is 0 Å². The zero-order chi connectivity index (χ0) is 13.0. The second-order valence-electron chi connectivity index (χ2n) is 5.30. The highest BCUT2D eigenvalue weighted by molar-refractivity contribution is 7.99. The first kappa shape index (κ1) is 13.9. The highest BCUT2D eigenvalue weighted by atomic mass is 32.2. The monoisotopic (exact) mass is 265 g/mol. The van der Waals surface area contributed by atoms with E-state index in [4.69, 9.17) is 0 Å². The number of piperidine rings is 1. The smallest absolute Gasteiger partial charge is 0.0693 e. The van der Waals surface area contributed by atoms with Crippen LogP contribution < -0.4 is 0 Å². The fraction of sp³-hybridized carbons (Fsp3) is 0.600. The first-order valence-electron chi connectivity index (χ1n) is 6.75. The summed E-state index contributed by atoms with van der Waals surface area (Å²) in [5, 5.41) is 9.85. The van der Waals surface area contributed by atoms with E-state index in [1.807, 2.05) is 11.8 Å². The van der Waals surface area contributed by atoms with Crippen LogP contribution in [0.2, 0.25) is 0 Å². The molecule has 2 atom stereocenters. The van der Waals surface area contributed by atoms with Gasteiger partial charge in [-0.15, -0.1) is 11.8 Å². The van der Waals surface area contributed by atoms with E-state index in [2.05, 4.69) is 43.0 Å². The van der Waals surface area contributed by atoms with Gasteiger partial charge in [-0.3, -0.25) is 4.90 Å². The number of aliphatic hydroxyl groups excluding tert-OH is 1. The number of hydrogen-bond acceptors (Lipinski definition) is 3. The van der Waals surface area contributed by atoms with Gasteiger partial charge in [-0.2, -0.15) is 0 Å². The van der Waals surface area contributed by atoms with Crippen LogP contribution in [0.3, 0.4) is 0 Å². The molecule has 0 aliphatic carbocycles. The summed E-state index contributed by atoms with van der Waals surface area (Å²) in [6, 6.07) is 8.70. The van der Waals surface area contributed by atoms with Crippen LogP contribution in [0, 0.1) is 12.8 Å². The van der Waals surface area contributed by atoms with Crippen LogP contribution in [0.25, 0.3) is 0 Å². The Balaban J connectivity index is 1.71. The molecule has 2 rings (SSSR count). The van der Waals surface area contributed by atoms with Crippen LogP contribution in [0.4, 0.5) is 0 Å². The summed E-state index contributed by atoms with van der Waals surface area (Å²) >= 11 is 1.90. The maximum atomic E-state index is 9.85. The number of rotatable bonds is 4. The minimum atomic E-state index is -0.136. The lowest BCUT2D eigenvalue weighted by Crippen LogP contribution is -2.43. The fourth-order valence-corrected chi connectivity index (χ4v) is 3.16. The molecule has 100 valence electrons. The van der Waals surface area contributed by atoms with Crippen LogP contribution in [-0.2, 0) is 0 Å². The van der Waals surface area contributed by atoms with Crippen molar-refractivity contribution in [2.24, 2.45) is 5.92 Å². The number of likely N-dealkylation sites (tertiary alicyclic amines) is 1. The molecule has 1 aliphatic heterocycles. The van der Waals surface area contributed by atoms with Gasteiger partial charge in [-0.05, 0) is 37.9 Å². The van der Waals surface area contributed by atoms with Gasteiger partial charge >= 0.3 is 0 Å². The summed E-state index contributed by atoms with van der Waals surface area (Å²) in [5.74, 6) is 1.57. The molecule has 0 aromatic heterocycles. The molecule has 2 unspecified atom stereocenters. The number of thioether (sulfide) groups is 1.